The molecule has 1 aromatic carbocycles. The van der Waals surface area contributed by atoms with Crippen LogP contribution in [0.1, 0.15) is 5.69 Å². The number of carbonyl (C=O) groups is 1. The molecule has 0 amide bonds. The number of rotatable bonds is 3. The minimum Gasteiger partial charge on any atom is -0.481 e. The van der Waals surface area contributed by atoms with E-state index in [9.17, 15) is 9.18 Å². The zero-order valence-electron chi connectivity index (χ0n) is 9.83. The van der Waals surface area contributed by atoms with Gasteiger partial charge in [-0.05, 0) is 18.2 Å². The van der Waals surface area contributed by atoms with Gasteiger partial charge in [0, 0.05) is 22.3 Å². The van der Waals surface area contributed by atoms with Gasteiger partial charge in [0.25, 0.3) is 0 Å². The Morgan fingerprint density at radius 3 is 2.30 bits per heavy atom. The third-order valence-electron chi connectivity index (χ3n) is 2.53. The minimum absolute atomic E-state index is 0.151. The van der Waals surface area contributed by atoms with E-state index in [0.717, 1.165) is 6.07 Å². The Hall–Kier alpha value is -1.36. The first-order valence-corrected chi connectivity index (χ1v) is 6.53. The van der Waals surface area contributed by atoms with Gasteiger partial charge in [-0.15, -0.1) is 0 Å². The molecule has 1 heterocycles. The second-order valence-electron chi connectivity index (χ2n) is 3.97. The van der Waals surface area contributed by atoms with Gasteiger partial charge in [0.15, 0.2) is 0 Å². The Bertz CT molecular complexity index is 668. The highest BCUT2D eigenvalue weighted by atomic mass is 35.5. The van der Waals surface area contributed by atoms with Crippen LogP contribution in [0.25, 0.3) is 11.1 Å². The van der Waals surface area contributed by atoms with Crippen molar-refractivity contribution < 1.29 is 14.3 Å². The number of aliphatic carboxylic acids is 1. The standard InChI is InChI=1S/C13H7Cl3FNO2/c14-7-2-8(15)13(9(16)3-7)6-1-10(17)11(18-5-6)4-12(19)20/h1-3,5H,4H2,(H,19,20). The van der Waals surface area contributed by atoms with Crippen molar-refractivity contribution in [1.82, 2.24) is 4.98 Å². The molecule has 0 fully saturated rings. The Kier molecular flexibility index (Phi) is 4.48. The maximum absolute atomic E-state index is 13.8. The van der Waals surface area contributed by atoms with Crippen LogP contribution in [0.4, 0.5) is 4.39 Å². The predicted octanol–water partition coefficient (Wildman–Crippen LogP) is 4.48. The normalized spacial score (nSPS) is 10.6. The first-order chi connectivity index (χ1) is 9.38. The molecular weight excluding hydrogens is 328 g/mol. The lowest BCUT2D eigenvalue weighted by atomic mass is 10.1. The summed E-state index contributed by atoms with van der Waals surface area (Å²) in [4.78, 5) is 14.4. The van der Waals surface area contributed by atoms with Gasteiger partial charge < -0.3 is 5.11 Å². The van der Waals surface area contributed by atoms with Crippen molar-refractivity contribution in [2.45, 2.75) is 6.42 Å². The summed E-state index contributed by atoms with van der Waals surface area (Å²) in [6.45, 7) is 0. The number of pyridine rings is 1. The highest BCUT2D eigenvalue weighted by molar-refractivity contribution is 6.41. The Labute approximate surface area is 128 Å². The van der Waals surface area contributed by atoms with Gasteiger partial charge in [0.1, 0.15) is 5.82 Å². The third-order valence-corrected chi connectivity index (χ3v) is 3.35. The smallest absolute Gasteiger partial charge is 0.309 e. The van der Waals surface area contributed by atoms with Crippen LogP contribution in [0.2, 0.25) is 15.1 Å². The van der Waals surface area contributed by atoms with Crippen LogP contribution in [0, 0.1) is 5.82 Å². The zero-order valence-corrected chi connectivity index (χ0v) is 12.1. The van der Waals surface area contributed by atoms with Crippen molar-refractivity contribution in [1.29, 1.82) is 0 Å². The van der Waals surface area contributed by atoms with E-state index < -0.39 is 18.2 Å². The molecule has 7 heteroatoms. The molecule has 2 aromatic rings. The molecule has 0 spiro atoms. The summed E-state index contributed by atoms with van der Waals surface area (Å²) in [6.07, 6.45) is 0.830. The summed E-state index contributed by atoms with van der Waals surface area (Å²) >= 11 is 17.9. The number of halogens is 4. The van der Waals surface area contributed by atoms with Crippen molar-refractivity contribution in [3.05, 3.63) is 51.0 Å². The lowest BCUT2D eigenvalue weighted by Crippen LogP contribution is -2.05. The maximum atomic E-state index is 13.8. The fraction of sp³-hybridized carbons (Fsp3) is 0.0769. The quantitative estimate of drug-likeness (QED) is 0.900. The Morgan fingerprint density at radius 1 is 1.20 bits per heavy atom. The molecule has 0 saturated heterocycles. The molecule has 0 aliphatic heterocycles. The van der Waals surface area contributed by atoms with Gasteiger partial charge in [-0.2, -0.15) is 0 Å². The van der Waals surface area contributed by atoms with Crippen LogP contribution in [0.5, 0.6) is 0 Å². The topological polar surface area (TPSA) is 50.2 Å². The number of carboxylic acid groups (broad SMARTS) is 1. The number of hydrogen-bond donors (Lipinski definition) is 1. The number of carboxylic acids is 1. The molecule has 104 valence electrons. The molecule has 2 rings (SSSR count). The zero-order chi connectivity index (χ0) is 14.9. The van der Waals surface area contributed by atoms with E-state index in [1.54, 1.807) is 0 Å². The first kappa shape index (κ1) is 15.0. The number of benzene rings is 1. The predicted molar refractivity (Wildman–Crippen MR) is 76.0 cm³/mol. The molecule has 0 aliphatic carbocycles. The summed E-state index contributed by atoms with van der Waals surface area (Å²) in [6, 6.07) is 4.10. The van der Waals surface area contributed by atoms with E-state index >= 15 is 0 Å². The monoisotopic (exact) mass is 333 g/mol. The number of hydrogen-bond acceptors (Lipinski definition) is 2. The summed E-state index contributed by atoms with van der Waals surface area (Å²) in [7, 11) is 0. The first-order valence-electron chi connectivity index (χ1n) is 5.39. The molecular formula is C13H7Cl3FNO2. The lowest BCUT2D eigenvalue weighted by molar-refractivity contribution is -0.136. The highest BCUT2D eigenvalue weighted by Crippen LogP contribution is 2.37. The molecule has 0 saturated carbocycles. The molecule has 0 bridgehead atoms. The number of aromatic nitrogens is 1. The van der Waals surface area contributed by atoms with E-state index in [0.29, 0.717) is 16.1 Å². The van der Waals surface area contributed by atoms with Gasteiger partial charge in [0.05, 0.1) is 22.2 Å². The largest absolute Gasteiger partial charge is 0.481 e. The van der Waals surface area contributed by atoms with Crippen molar-refractivity contribution in [2.24, 2.45) is 0 Å². The summed E-state index contributed by atoms with van der Waals surface area (Å²) < 4.78 is 13.8. The summed E-state index contributed by atoms with van der Waals surface area (Å²) in [5.74, 6) is -1.89. The average Bonchev–Trinajstić information content (AvgIpc) is 2.30. The third kappa shape index (κ3) is 3.20. The van der Waals surface area contributed by atoms with Gasteiger partial charge in [-0.25, -0.2) is 4.39 Å². The van der Waals surface area contributed by atoms with Gasteiger partial charge in [-0.3, -0.25) is 9.78 Å². The molecule has 3 nitrogen and oxygen atoms in total. The number of nitrogens with zero attached hydrogens (tertiary/aromatic N) is 1. The van der Waals surface area contributed by atoms with Gasteiger partial charge >= 0.3 is 5.97 Å². The van der Waals surface area contributed by atoms with E-state index in [1.165, 1.54) is 18.3 Å². The van der Waals surface area contributed by atoms with Crippen LogP contribution in [0.15, 0.2) is 24.4 Å². The molecule has 0 atom stereocenters. The fourth-order valence-electron chi connectivity index (χ4n) is 1.69. The van der Waals surface area contributed by atoms with Crippen LogP contribution in [-0.2, 0) is 11.2 Å². The van der Waals surface area contributed by atoms with Crippen LogP contribution in [0.3, 0.4) is 0 Å². The molecule has 0 aliphatic rings. The Morgan fingerprint density at radius 2 is 1.80 bits per heavy atom. The molecule has 20 heavy (non-hydrogen) atoms. The fourth-order valence-corrected chi connectivity index (χ4v) is 2.73. The minimum atomic E-state index is -1.16. The van der Waals surface area contributed by atoms with E-state index in [1.807, 2.05) is 0 Å². The second kappa shape index (κ2) is 5.95. The van der Waals surface area contributed by atoms with Crippen molar-refractivity contribution in [2.75, 3.05) is 0 Å². The van der Waals surface area contributed by atoms with Crippen molar-refractivity contribution >= 4 is 40.8 Å². The SMILES string of the molecule is O=C(O)Cc1ncc(-c2c(Cl)cc(Cl)cc2Cl)cc1F. The van der Waals surface area contributed by atoms with Gasteiger partial charge in [0.2, 0.25) is 0 Å². The van der Waals surface area contributed by atoms with E-state index in [4.69, 9.17) is 39.9 Å². The van der Waals surface area contributed by atoms with Gasteiger partial charge in [-0.1, -0.05) is 34.8 Å². The molecule has 1 aromatic heterocycles. The van der Waals surface area contributed by atoms with Crippen LogP contribution in [-0.4, -0.2) is 16.1 Å². The van der Waals surface area contributed by atoms with Crippen molar-refractivity contribution in [3.8, 4) is 11.1 Å². The molecule has 1 N–H and O–H groups in total. The van der Waals surface area contributed by atoms with Crippen molar-refractivity contribution in [3.63, 3.8) is 0 Å². The average molecular weight is 335 g/mol. The van der Waals surface area contributed by atoms with E-state index in [-0.39, 0.29) is 15.7 Å². The Balaban J connectivity index is 2.50. The lowest BCUT2D eigenvalue weighted by Gasteiger charge is -2.09. The van der Waals surface area contributed by atoms with Crippen LogP contribution >= 0.6 is 34.8 Å². The summed E-state index contributed by atoms with van der Waals surface area (Å²) in [5, 5.41) is 9.51. The second-order valence-corrected chi connectivity index (χ2v) is 5.22. The molecule has 0 unspecified atom stereocenters. The molecule has 0 radical (unpaired) electrons. The van der Waals surface area contributed by atoms with Crippen LogP contribution < -0.4 is 0 Å². The van der Waals surface area contributed by atoms with E-state index in [2.05, 4.69) is 4.98 Å². The summed E-state index contributed by atoms with van der Waals surface area (Å²) in [5.41, 5.74) is 0.594. The highest BCUT2D eigenvalue weighted by Gasteiger charge is 2.14. The maximum Gasteiger partial charge on any atom is 0.309 e.